The van der Waals surface area contributed by atoms with Crippen molar-refractivity contribution >= 4 is 18.3 Å². The number of hydrogen-bond donors (Lipinski definition) is 2. The first-order valence-corrected chi connectivity index (χ1v) is 7.12. The van der Waals surface area contributed by atoms with Crippen molar-refractivity contribution < 1.29 is 9.90 Å². The minimum Gasteiger partial charge on any atom is -0.395 e. The third kappa shape index (κ3) is 5.28. The van der Waals surface area contributed by atoms with Crippen molar-refractivity contribution in [1.29, 1.82) is 0 Å². The van der Waals surface area contributed by atoms with Crippen LogP contribution >= 0.6 is 12.4 Å². The van der Waals surface area contributed by atoms with Crippen molar-refractivity contribution in [1.82, 2.24) is 9.80 Å². The summed E-state index contributed by atoms with van der Waals surface area (Å²) >= 11 is 0. The molecule has 1 unspecified atom stereocenters. The number of nitrogens with two attached hydrogens (primary N) is 1. The number of aliphatic hydroxyl groups is 1. The van der Waals surface area contributed by atoms with E-state index in [1.54, 1.807) is 0 Å². The lowest BCUT2D eigenvalue weighted by Gasteiger charge is -2.35. The molecule has 1 aliphatic heterocycles. The van der Waals surface area contributed by atoms with Gasteiger partial charge in [0.15, 0.2) is 0 Å². The Bertz CT molecular complexity index is 422. The Balaban J connectivity index is 0.00000220. The molecule has 1 aliphatic rings. The van der Waals surface area contributed by atoms with E-state index in [4.69, 9.17) is 10.8 Å². The van der Waals surface area contributed by atoms with E-state index in [1.807, 2.05) is 35.2 Å². The Labute approximate surface area is 132 Å². The second kappa shape index (κ2) is 9.00. The fourth-order valence-corrected chi connectivity index (χ4v) is 2.52. The lowest BCUT2D eigenvalue weighted by Crippen LogP contribution is -2.53. The number of carbonyl (C=O) groups excluding carboxylic acids is 1. The summed E-state index contributed by atoms with van der Waals surface area (Å²) in [5, 5.41) is 8.90. The van der Waals surface area contributed by atoms with Gasteiger partial charge < -0.3 is 15.7 Å². The van der Waals surface area contributed by atoms with E-state index in [1.165, 1.54) is 0 Å². The molecular weight excluding hydrogens is 290 g/mol. The summed E-state index contributed by atoms with van der Waals surface area (Å²) in [6.45, 7) is 3.86. The summed E-state index contributed by atoms with van der Waals surface area (Å²) in [6.07, 6.45) is 0.580. The number of β-amino-alcohol motifs (C(OH)–C–C–N with tert-alkyl or cyclic N) is 1. The SMILES string of the molecule is Cl.NC(Cc1ccccc1)C(=O)N1CCN(CCO)CC1. The molecule has 21 heavy (non-hydrogen) atoms. The van der Waals surface area contributed by atoms with Crippen molar-refractivity contribution in [3.63, 3.8) is 0 Å². The van der Waals surface area contributed by atoms with Crippen LogP contribution < -0.4 is 5.73 Å². The van der Waals surface area contributed by atoms with E-state index in [-0.39, 0.29) is 24.9 Å². The Morgan fingerprint density at radius 3 is 2.38 bits per heavy atom. The number of carbonyl (C=O) groups is 1. The van der Waals surface area contributed by atoms with Gasteiger partial charge >= 0.3 is 0 Å². The van der Waals surface area contributed by atoms with Gasteiger partial charge in [0.1, 0.15) is 0 Å². The molecule has 3 N–H and O–H groups in total. The van der Waals surface area contributed by atoms with Gasteiger partial charge in [0.05, 0.1) is 12.6 Å². The van der Waals surface area contributed by atoms with Gasteiger partial charge in [-0.15, -0.1) is 12.4 Å². The Morgan fingerprint density at radius 2 is 1.81 bits per heavy atom. The number of aliphatic hydroxyl groups excluding tert-OH is 1. The second-order valence-corrected chi connectivity index (χ2v) is 5.19. The van der Waals surface area contributed by atoms with Gasteiger partial charge in [0, 0.05) is 32.7 Å². The highest BCUT2D eigenvalue weighted by Crippen LogP contribution is 2.07. The van der Waals surface area contributed by atoms with Gasteiger partial charge in [-0.1, -0.05) is 30.3 Å². The van der Waals surface area contributed by atoms with Crippen LogP contribution in [-0.4, -0.2) is 66.2 Å². The third-order valence-corrected chi connectivity index (χ3v) is 3.72. The van der Waals surface area contributed by atoms with Crippen LogP contribution in [0.2, 0.25) is 0 Å². The minimum atomic E-state index is -0.471. The Morgan fingerprint density at radius 1 is 1.19 bits per heavy atom. The molecule has 1 saturated heterocycles. The highest BCUT2D eigenvalue weighted by Gasteiger charge is 2.24. The molecule has 1 fully saturated rings. The quantitative estimate of drug-likeness (QED) is 0.810. The monoisotopic (exact) mass is 313 g/mol. The van der Waals surface area contributed by atoms with Gasteiger partial charge in [-0.2, -0.15) is 0 Å². The number of halogens is 1. The molecule has 2 rings (SSSR count). The van der Waals surface area contributed by atoms with E-state index in [9.17, 15) is 4.79 Å². The predicted molar refractivity (Wildman–Crippen MR) is 85.5 cm³/mol. The lowest BCUT2D eigenvalue weighted by atomic mass is 10.1. The van der Waals surface area contributed by atoms with Crippen molar-refractivity contribution in [3.05, 3.63) is 35.9 Å². The molecule has 0 saturated carbocycles. The standard InChI is InChI=1S/C15H23N3O2.ClH/c16-14(12-13-4-2-1-3-5-13)15(20)18-8-6-17(7-9-18)10-11-19;/h1-5,14,19H,6-12,16H2;1H. The molecule has 1 aromatic carbocycles. The third-order valence-electron chi connectivity index (χ3n) is 3.72. The fraction of sp³-hybridized carbons (Fsp3) is 0.533. The van der Waals surface area contributed by atoms with Crippen molar-refractivity contribution in [2.45, 2.75) is 12.5 Å². The van der Waals surface area contributed by atoms with Crippen molar-refractivity contribution in [3.8, 4) is 0 Å². The molecule has 0 bridgehead atoms. The Kier molecular flexibility index (Phi) is 7.67. The lowest BCUT2D eigenvalue weighted by molar-refractivity contribution is -0.134. The van der Waals surface area contributed by atoms with E-state index in [0.29, 0.717) is 26.1 Å². The van der Waals surface area contributed by atoms with Crippen LogP contribution in [0.5, 0.6) is 0 Å². The summed E-state index contributed by atoms with van der Waals surface area (Å²) in [7, 11) is 0. The molecule has 6 heteroatoms. The zero-order chi connectivity index (χ0) is 14.4. The maximum absolute atomic E-state index is 12.3. The van der Waals surface area contributed by atoms with Crippen LogP contribution in [0.4, 0.5) is 0 Å². The first kappa shape index (κ1) is 17.9. The summed E-state index contributed by atoms with van der Waals surface area (Å²) in [5.41, 5.74) is 7.12. The maximum atomic E-state index is 12.3. The van der Waals surface area contributed by atoms with Crippen LogP contribution in [0.15, 0.2) is 30.3 Å². The molecule has 1 aromatic rings. The largest absolute Gasteiger partial charge is 0.395 e. The highest BCUT2D eigenvalue weighted by atomic mass is 35.5. The van der Waals surface area contributed by atoms with Crippen molar-refractivity contribution in [2.24, 2.45) is 5.73 Å². The van der Waals surface area contributed by atoms with Crippen LogP contribution in [-0.2, 0) is 11.2 Å². The average Bonchev–Trinajstić information content (AvgIpc) is 2.48. The number of rotatable bonds is 5. The van der Waals surface area contributed by atoms with Gasteiger partial charge in [-0.3, -0.25) is 9.69 Å². The molecule has 0 spiro atoms. The van der Waals surface area contributed by atoms with Gasteiger partial charge in [0.2, 0.25) is 5.91 Å². The summed E-state index contributed by atoms with van der Waals surface area (Å²) in [6, 6.07) is 9.39. The minimum absolute atomic E-state index is 0. The molecule has 1 atom stereocenters. The van der Waals surface area contributed by atoms with Crippen LogP contribution in [0.3, 0.4) is 0 Å². The maximum Gasteiger partial charge on any atom is 0.239 e. The second-order valence-electron chi connectivity index (χ2n) is 5.19. The molecular formula is C15H24ClN3O2. The first-order chi connectivity index (χ1) is 9.70. The van der Waals surface area contributed by atoms with Gasteiger partial charge in [0.25, 0.3) is 0 Å². The number of amides is 1. The Hall–Kier alpha value is -1.14. The number of benzene rings is 1. The van der Waals surface area contributed by atoms with Crippen LogP contribution in [0.1, 0.15) is 5.56 Å². The molecule has 1 heterocycles. The van der Waals surface area contributed by atoms with Crippen LogP contribution in [0.25, 0.3) is 0 Å². The van der Waals surface area contributed by atoms with Crippen molar-refractivity contribution in [2.75, 3.05) is 39.3 Å². The normalized spacial score (nSPS) is 17.1. The topological polar surface area (TPSA) is 69.8 Å². The van der Waals surface area contributed by atoms with E-state index >= 15 is 0 Å². The van der Waals surface area contributed by atoms with Gasteiger partial charge in [-0.05, 0) is 12.0 Å². The molecule has 1 amide bonds. The average molecular weight is 314 g/mol. The molecule has 118 valence electrons. The highest BCUT2D eigenvalue weighted by molar-refractivity contribution is 5.85. The first-order valence-electron chi connectivity index (χ1n) is 7.12. The summed E-state index contributed by atoms with van der Waals surface area (Å²) in [4.78, 5) is 16.3. The molecule has 0 aromatic heterocycles. The summed E-state index contributed by atoms with van der Waals surface area (Å²) < 4.78 is 0. The summed E-state index contributed by atoms with van der Waals surface area (Å²) in [5.74, 6) is 0.0255. The van der Waals surface area contributed by atoms with E-state index in [0.717, 1.165) is 18.7 Å². The van der Waals surface area contributed by atoms with Crippen LogP contribution in [0, 0.1) is 0 Å². The number of hydrogen-bond acceptors (Lipinski definition) is 4. The predicted octanol–water partition coefficient (Wildman–Crippen LogP) is 0.115. The smallest absolute Gasteiger partial charge is 0.239 e. The molecule has 5 nitrogen and oxygen atoms in total. The zero-order valence-corrected chi connectivity index (χ0v) is 13.0. The zero-order valence-electron chi connectivity index (χ0n) is 12.1. The molecule has 0 aliphatic carbocycles. The molecule has 0 radical (unpaired) electrons. The van der Waals surface area contributed by atoms with Gasteiger partial charge in [-0.25, -0.2) is 0 Å². The van der Waals surface area contributed by atoms with E-state index < -0.39 is 6.04 Å². The fourth-order valence-electron chi connectivity index (χ4n) is 2.52. The number of piperazine rings is 1. The van der Waals surface area contributed by atoms with E-state index in [2.05, 4.69) is 4.90 Å². The number of nitrogens with zero attached hydrogens (tertiary/aromatic N) is 2.